The number of anilines is 1. The molecule has 0 radical (unpaired) electrons. The number of hydrogen-bond donors (Lipinski definition) is 1. The summed E-state index contributed by atoms with van der Waals surface area (Å²) in [4.78, 5) is 32.6. The summed E-state index contributed by atoms with van der Waals surface area (Å²) in [5.41, 5.74) is 8.76. The standard InChI is InChI=1S/C24H20ClN7O/c1-14-8-17-9-16(4-5-21(17)31-22(14)27)24(33)32(15(2)23-28-6-3-7-29-23)13-19-10-20(25)18(11-26)12-30-19/h3-10,12,15H,13H2,1-2H3,(H2,27,31). The third-order valence-corrected chi connectivity index (χ3v) is 5.65. The van der Waals surface area contributed by atoms with Crippen LogP contribution in [0.25, 0.3) is 10.9 Å². The van der Waals surface area contributed by atoms with E-state index in [9.17, 15) is 4.79 Å². The van der Waals surface area contributed by atoms with Gasteiger partial charge in [0.15, 0.2) is 0 Å². The molecular weight excluding hydrogens is 438 g/mol. The van der Waals surface area contributed by atoms with Gasteiger partial charge in [0.05, 0.1) is 34.4 Å². The van der Waals surface area contributed by atoms with E-state index in [0.29, 0.717) is 28.4 Å². The lowest BCUT2D eigenvalue weighted by atomic mass is 10.1. The van der Waals surface area contributed by atoms with Crippen molar-refractivity contribution in [3.8, 4) is 6.07 Å². The summed E-state index contributed by atoms with van der Waals surface area (Å²) < 4.78 is 0. The second-order valence-electron chi connectivity index (χ2n) is 7.58. The Kier molecular flexibility index (Phi) is 6.16. The van der Waals surface area contributed by atoms with Gasteiger partial charge in [-0.2, -0.15) is 5.26 Å². The van der Waals surface area contributed by atoms with Gasteiger partial charge in [-0.05, 0) is 55.8 Å². The number of nitrogen functional groups attached to an aromatic ring is 1. The predicted octanol–water partition coefficient (Wildman–Crippen LogP) is 4.24. The fraction of sp³-hybridized carbons (Fsp3) is 0.167. The molecule has 0 spiro atoms. The molecule has 3 aromatic heterocycles. The molecule has 0 aliphatic heterocycles. The zero-order chi connectivity index (χ0) is 23.5. The van der Waals surface area contributed by atoms with Crippen LogP contribution in [-0.2, 0) is 6.54 Å². The smallest absolute Gasteiger partial charge is 0.254 e. The number of benzene rings is 1. The van der Waals surface area contributed by atoms with Crippen LogP contribution in [0.4, 0.5) is 5.82 Å². The highest BCUT2D eigenvalue weighted by atomic mass is 35.5. The van der Waals surface area contributed by atoms with Crippen LogP contribution in [0.5, 0.6) is 0 Å². The molecule has 9 heteroatoms. The van der Waals surface area contributed by atoms with Crippen molar-refractivity contribution in [2.24, 2.45) is 0 Å². The van der Waals surface area contributed by atoms with Gasteiger partial charge in [-0.25, -0.2) is 15.0 Å². The average Bonchev–Trinajstić information content (AvgIpc) is 2.83. The molecule has 0 saturated carbocycles. The van der Waals surface area contributed by atoms with E-state index in [0.717, 1.165) is 10.9 Å². The van der Waals surface area contributed by atoms with E-state index in [1.165, 1.54) is 6.20 Å². The quantitative estimate of drug-likeness (QED) is 0.475. The van der Waals surface area contributed by atoms with Crippen molar-refractivity contribution in [1.29, 1.82) is 5.26 Å². The molecule has 4 rings (SSSR count). The molecule has 4 aromatic rings. The first-order chi connectivity index (χ1) is 15.9. The molecule has 164 valence electrons. The molecule has 0 aliphatic carbocycles. The molecular formula is C24H20ClN7O. The number of nitrogens with zero attached hydrogens (tertiary/aromatic N) is 6. The Morgan fingerprint density at radius 1 is 1.21 bits per heavy atom. The van der Waals surface area contributed by atoms with Gasteiger partial charge >= 0.3 is 0 Å². The van der Waals surface area contributed by atoms with Gasteiger partial charge in [0.1, 0.15) is 17.7 Å². The average molecular weight is 458 g/mol. The Balaban J connectivity index is 1.74. The fourth-order valence-corrected chi connectivity index (χ4v) is 3.68. The van der Waals surface area contributed by atoms with Crippen LogP contribution in [0.2, 0.25) is 5.02 Å². The molecule has 0 bridgehead atoms. The van der Waals surface area contributed by atoms with Crippen molar-refractivity contribution < 1.29 is 4.79 Å². The van der Waals surface area contributed by atoms with Gasteiger partial charge in [0, 0.05) is 29.5 Å². The molecule has 0 saturated heterocycles. The van der Waals surface area contributed by atoms with Crippen molar-refractivity contribution >= 4 is 34.2 Å². The van der Waals surface area contributed by atoms with Crippen LogP contribution in [0.3, 0.4) is 0 Å². The fourth-order valence-electron chi connectivity index (χ4n) is 3.46. The summed E-state index contributed by atoms with van der Waals surface area (Å²) in [5.74, 6) is 0.729. The van der Waals surface area contributed by atoms with Gasteiger partial charge < -0.3 is 10.6 Å². The van der Waals surface area contributed by atoms with E-state index in [2.05, 4.69) is 19.9 Å². The number of fused-ring (bicyclic) bond motifs is 1. The monoisotopic (exact) mass is 457 g/mol. The second-order valence-corrected chi connectivity index (χ2v) is 7.99. The highest BCUT2D eigenvalue weighted by molar-refractivity contribution is 6.31. The van der Waals surface area contributed by atoms with Crippen molar-refractivity contribution in [3.05, 3.63) is 88.2 Å². The molecule has 8 nitrogen and oxygen atoms in total. The lowest BCUT2D eigenvalue weighted by molar-refractivity contribution is 0.0663. The number of aromatic nitrogens is 4. The number of amides is 1. The number of hydrogen-bond acceptors (Lipinski definition) is 7. The third kappa shape index (κ3) is 4.59. The van der Waals surface area contributed by atoms with Gasteiger partial charge in [0.25, 0.3) is 5.91 Å². The van der Waals surface area contributed by atoms with Crippen LogP contribution in [-0.4, -0.2) is 30.7 Å². The Hall–Kier alpha value is -4.09. The number of aryl methyl sites for hydroxylation is 1. The summed E-state index contributed by atoms with van der Waals surface area (Å²) in [5, 5.41) is 10.2. The van der Waals surface area contributed by atoms with Crippen LogP contribution >= 0.6 is 11.6 Å². The van der Waals surface area contributed by atoms with E-state index in [1.807, 2.05) is 26.0 Å². The number of rotatable bonds is 5. The summed E-state index contributed by atoms with van der Waals surface area (Å²) in [6.45, 7) is 3.88. The van der Waals surface area contributed by atoms with E-state index in [4.69, 9.17) is 22.6 Å². The first-order valence-corrected chi connectivity index (χ1v) is 10.5. The minimum absolute atomic E-state index is 0.154. The number of pyridine rings is 2. The SMILES string of the molecule is Cc1cc2cc(C(=O)N(Cc3cc(Cl)c(C#N)cn3)C(C)c3ncccn3)ccc2nc1N. The number of nitriles is 1. The van der Waals surface area contributed by atoms with E-state index in [1.54, 1.807) is 47.6 Å². The van der Waals surface area contributed by atoms with Crippen LogP contribution in [0, 0.1) is 18.3 Å². The number of nitrogens with two attached hydrogens (primary N) is 1. The molecule has 33 heavy (non-hydrogen) atoms. The lowest BCUT2D eigenvalue weighted by Gasteiger charge is -2.28. The topological polar surface area (TPSA) is 122 Å². The lowest BCUT2D eigenvalue weighted by Crippen LogP contribution is -2.34. The van der Waals surface area contributed by atoms with E-state index in [-0.39, 0.29) is 23.0 Å². The molecule has 0 aliphatic rings. The number of halogens is 1. The Bertz CT molecular complexity index is 1390. The van der Waals surface area contributed by atoms with Crippen LogP contribution in [0.15, 0.2) is 55.0 Å². The molecule has 0 fully saturated rings. The molecule has 2 N–H and O–H groups in total. The maximum Gasteiger partial charge on any atom is 0.254 e. The van der Waals surface area contributed by atoms with Crippen molar-refractivity contribution in [2.75, 3.05) is 5.73 Å². The van der Waals surface area contributed by atoms with Gasteiger partial charge in [-0.1, -0.05) is 11.6 Å². The Labute approximate surface area is 195 Å². The Morgan fingerprint density at radius 3 is 2.67 bits per heavy atom. The molecule has 1 amide bonds. The second kappa shape index (κ2) is 9.18. The van der Waals surface area contributed by atoms with Crippen molar-refractivity contribution in [3.63, 3.8) is 0 Å². The molecule has 1 aromatic carbocycles. The summed E-state index contributed by atoms with van der Waals surface area (Å²) >= 11 is 6.19. The van der Waals surface area contributed by atoms with Gasteiger partial charge in [0.2, 0.25) is 0 Å². The first kappa shape index (κ1) is 22.1. The minimum Gasteiger partial charge on any atom is -0.383 e. The molecule has 1 atom stereocenters. The summed E-state index contributed by atoms with van der Waals surface area (Å²) in [6.07, 6.45) is 4.67. The third-order valence-electron chi connectivity index (χ3n) is 5.34. The zero-order valence-corrected chi connectivity index (χ0v) is 18.8. The Morgan fingerprint density at radius 2 is 1.97 bits per heavy atom. The van der Waals surface area contributed by atoms with Crippen LogP contribution in [0.1, 0.15) is 46.0 Å². The number of carbonyl (C=O) groups excluding carboxylic acids is 1. The van der Waals surface area contributed by atoms with Gasteiger partial charge in [-0.15, -0.1) is 0 Å². The maximum absolute atomic E-state index is 13.7. The number of carbonyl (C=O) groups is 1. The minimum atomic E-state index is -0.447. The van der Waals surface area contributed by atoms with E-state index >= 15 is 0 Å². The zero-order valence-electron chi connectivity index (χ0n) is 18.0. The summed E-state index contributed by atoms with van der Waals surface area (Å²) in [6, 6.07) is 12.0. The molecule has 1 unspecified atom stereocenters. The normalized spacial score (nSPS) is 11.7. The highest BCUT2D eigenvalue weighted by Crippen LogP contribution is 2.25. The van der Waals surface area contributed by atoms with Gasteiger partial charge in [-0.3, -0.25) is 9.78 Å². The largest absolute Gasteiger partial charge is 0.383 e. The maximum atomic E-state index is 13.7. The van der Waals surface area contributed by atoms with E-state index < -0.39 is 6.04 Å². The van der Waals surface area contributed by atoms with Crippen LogP contribution < -0.4 is 5.73 Å². The first-order valence-electron chi connectivity index (χ1n) is 10.2. The highest BCUT2D eigenvalue weighted by Gasteiger charge is 2.26. The van der Waals surface area contributed by atoms with Crippen molar-refractivity contribution in [1.82, 2.24) is 24.8 Å². The van der Waals surface area contributed by atoms with Crippen molar-refractivity contribution in [2.45, 2.75) is 26.4 Å². The molecule has 3 heterocycles. The predicted molar refractivity (Wildman–Crippen MR) is 125 cm³/mol. The summed E-state index contributed by atoms with van der Waals surface area (Å²) in [7, 11) is 0.